The zero-order chi connectivity index (χ0) is 14.0. The van der Waals surface area contributed by atoms with Crippen LogP contribution in [-0.4, -0.2) is 5.78 Å². The molecule has 1 nitrogen and oxygen atoms in total. The third kappa shape index (κ3) is 2.65. The monoisotopic (exact) mass is 268 g/mol. The third-order valence-electron chi connectivity index (χ3n) is 2.64. The van der Waals surface area contributed by atoms with Gasteiger partial charge in [-0.2, -0.15) is 0 Å². The summed E-state index contributed by atoms with van der Waals surface area (Å²) in [6.45, 7) is 0. The summed E-state index contributed by atoms with van der Waals surface area (Å²) in [6, 6.07) is 6.99. The number of ketones is 1. The van der Waals surface area contributed by atoms with Gasteiger partial charge in [0.05, 0.1) is 5.56 Å². The highest BCUT2D eigenvalue weighted by Gasteiger charge is 2.19. The maximum Gasteiger partial charge on any atom is 0.195 e. The molecule has 0 saturated heterocycles. The predicted octanol–water partition coefficient (Wildman–Crippen LogP) is 3.67. The van der Waals surface area contributed by atoms with Crippen LogP contribution < -0.4 is 0 Å². The highest BCUT2D eigenvalue weighted by molar-refractivity contribution is 5.97. The molecule has 0 N–H and O–H groups in total. The van der Waals surface area contributed by atoms with E-state index in [4.69, 9.17) is 0 Å². The molecule has 2 aromatic rings. The Kier molecular flexibility index (Phi) is 3.64. The number of Topliss-reactive ketones (excluding diaryl/α,β-unsaturated/α-hetero) is 1. The summed E-state index contributed by atoms with van der Waals surface area (Å²) in [4.78, 5) is 11.8. The smallest absolute Gasteiger partial charge is 0.195 e. The quantitative estimate of drug-likeness (QED) is 0.471. The molecule has 0 aliphatic carbocycles. The van der Waals surface area contributed by atoms with Gasteiger partial charge in [-0.3, -0.25) is 4.79 Å². The molecule has 98 valence electrons. The number of rotatable bonds is 3. The van der Waals surface area contributed by atoms with Crippen molar-refractivity contribution in [2.45, 2.75) is 6.42 Å². The second kappa shape index (κ2) is 5.22. The molecule has 0 aliphatic rings. The standard InChI is InChI=1S/C14H8F4O/c15-10-4-2-1-3-8(10)7-12(19)9-5-6-11(16)14(18)13(9)17/h1-6H,7H2. The van der Waals surface area contributed by atoms with Crippen molar-refractivity contribution in [2.24, 2.45) is 0 Å². The Bertz CT molecular complexity index is 637. The van der Waals surface area contributed by atoms with Crippen molar-refractivity contribution < 1.29 is 22.4 Å². The molecule has 2 rings (SSSR count). The second-order valence-corrected chi connectivity index (χ2v) is 3.91. The maximum absolute atomic E-state index is 13.4. The van der Waals surface area contributed by atoms with Crippen LogP contribution in [0.4, 0.5) is 17.6 Å². The molecule has 0 heterocycles. The summed E-state index contributed by atoms with van der Waals surface area (Å²) in [6.07, 6.45) is -0.422. The van der Waals surface area contributed by atoms with E-state index in [1.807, 2.05) is 0 Å². The Hall–Kier alpha value is -2.17. The van der Waals surface area contributed by atoms with Crippen LogP contribution in [-0.2, 0) is 6.42 Å². The van der Waals surface area contributed by atoms with Gasteiger partial charge in [-0.15, -0.1) is 0 Å². The first kappa shape index (κ1) is 13.3. The van der Waals surface area contributed by atoms with Crippen LogP contribution in [0.1, 0.15) is 15.9 Å². The van der Waals surface area contributed by atoms with Gasteiger partial charge < -0.3 is 0 Å². The predicted molar refractivity (Wildman–Crippen MR) is 60.8 cm³/mol. The first-order valence-electron chi connectivity index (χ1n) is 5.41. The summed E-state index contributed by atoms with van der Waals surface area (Å²) in [5.41, 5.74) is -0.529. The zero-order valence-corrected chi connectivity index (χ0v) is 9.59. The van der Waals surface area contributed by atoms with E-state index in [1.54, 1.807) is 0 Å². The van der Waals surface area contributed by atoms with Crippen LogP contribution in [0.2, 0.25) is 0 Å². The van der Waals surface area contributed by atoms with Gasteiger partial charge in [0.2, 0.25) is 0 Å². The van der Waals surface area contributed by atoms with Crippen molar-refractivity contribution in [1.82, 2.24) is 0 Å². The fraction of sp³-hybridized carbons (Fsp3) is 0.0714. The van der Waals surface area contributed by atoms with Crippen LogP contribution in [0, 0.1) is 23.3 Å². The molecule has 2 aromatic carbocycles. The van der Waals surface area contributed by atoms with Gasteiger partial charge in [-0.1, -0.05) is 18.2 Å². The Morgan fingerprint density at radius 1 is 0.842 bits per heavy atom. The minimum Gasteiger partial charge on any atom is -0.294 e. The average Bonchev–Trinajstić information content (AvgIpc) is 2.39. The Balaban J connectivity index is 2.31. The first-order chi connectivity index (χ1) is 9.00. The number of halogens is 4. The molecule has 0 aromatic heterocycles. The lowest BCUT2D eigenvalue weighted by Crippen LogP contribution is -2.09. The van der Waals surface area contributed by atoms with Gasteiger partial charge in [0.1, 0.15) is 5.82 Å². The molecule has 0 amide bonds. The lowest BCUT2D eigenvalue weighted by atomic mass is 10.0. The number of carbonyl (C=O) groups is 1. The number of carbonyl (C=O) groups excluding carboxylic acids is 1. The topological polar surface area (TPSA) is 17.1 Å². The molecule has 0 aliphatic heterocycles. The molecule has 0 radical (unpaired) electrons. The van der Waals surface area contributed by atoms with Gasteiger partial charge in [0, 0.05) is 6.42 Å². The Morgan fingerprint density at radius 2 is 1.53 bits per heavy atom. The molecule has 0 saturated carbocycles. The van der Waals surface area contributed by atoms with Crippen LogP contribution >= 0.6 is 0 Å². The third-order valence-corrected chi connectivity index (χ3v) is 2.64. The van der Waals surface area contributed by atoms with E-state index in [9.17, 15) is 22.4 Å². The molecule has 0 bridgehead atoms. The number of hydrogen-bond acceptors (Lipinski definition) is 1. The van der Waals surface area contributed by atoms with E-state index in [-0.39, 0.29) is 5.56 Å². The molecule has 19 heavy (non-hydrogen) atoms. The van der Waals surface area contributed by atoms with Crippen molar-refractivity contribution in [3.63, 3.8) is 0 Å². The summed E-state index contributed by atoms with van der Waals surface area (Å²) in [7, 11) is 0. The molecular formula is C14H8F4O. The minimum atomic E-state index is -1.71. The Morgan fingerprint density at radius 3 is 2.21 bits per heavy atom. The largest absolute Gasteiger partial charge is 0.294 e. The number of hydrogen-bond donors (Lipinski definition) is 0. The highest BCUT2D eigenvalue weighted by Crippen LogP contribution is 2.18. The van der Waals surface area contributed by atoms with Gasteiger partial charge >= 0.3 is 0 Å². The van der Waals surface area contributed by atoms with Crippen molar-refractivity contribution >= 4 is 5.78 Å². The fourth-order valence-corrected chi connectivity index (χ4v) is 1.65. The summed E-state index contributed by atoms with van der Waals surface area (Å²) >= 11 is 0. The van der Waals surface area contributed by atoms with Gasteiger partial charge in [-0.25, -0.2) is 17.6 Å². The van der Waals surface area contributed by atoms with Crippen LogP contribution in [0.3, 0.4) is 0 Å². The van der Waals surface area contributed by atoms with Crippen LogP contribution in [0.25, 0.3) is 0 Å². The molecule has 0 atom stereocenters. The molecular weight excluding hydrogens is 260 g/mol. The van der Waals surface area contributed by atoms with Crippen LogP contribution in [0.15, 0.2) is 36.4 Å². The highest BCUT2D eigenvalue weighted by atomic mass is 19.2. The summed E-state index contributed by atoms with van der Waals surface area (Å²) in [5.74, 6) is -6.07. The average molecular weight is 268 g/mol. The van der Waals surface area contributed by atoms with Crippen molar-refractivity contribution in [1.29, 1.82) is 0 Å². The summed E-state index contributed by atoms with van der Waals surface area (Å²) in [5, 5.41) is 0. The van der Waals surface area contributed by atoms with Gasteiger partial charge in [0.25, 0.3) is 0 Å². The molecule has 5 heteroatoms. The first-order valence-corrected chi connectivity index (χ1v) is 5.41. The zero-order valence-electron chi connectivity index (χ0n) is 9.59. The van der Waals surface area contributed by atoms with Gasteiger partial charge in [-0.05, 0) is 23.8 Å². The van der Waals surface area contributed by atoms with Crippen molar-refractivity contribution in [3.8, 4) is 0 Å². The second-order valence-electron chi connectivity index (χ2n) is 3.91. The lowest BCUT2D eigenvalue weighted by molar-refractivity contribution is 0.0986. The molecule has 0 fully saturated rings. The van der Waals surface area contributed by atoms with Crippen LogP contribution in [0.5, 0.6) is 0 Å². The van der Waals surface area contributed by atoms with E-state index in [1.165, 1.54) is 18.2 Å². The molecule has 0 spiro atoms. The minimum absolute atomic E-state index is 0.0663. The van der Waals surface area contributed by atoms with E-state index in [0.29, 0.717) is 6.07 Å². The van der Waals surface area contributed by atoms with E-state index < -0.39 is 41.0 Å². The van der Waals surface area contributed by atoms with E-state index in [2.05, 4.69) is 0 Å². The Labute approximate surface area is 106 Å². The van der Waals surface area contributed by atoms with E-state index >= 15 is 0 Å². The maximum atomic E-state index is 13.4. The number of benzene rings is 2. The van der Waals surface area contributed by atoms with E-state index in [0.717, 1.165) is 12.1 Å². The molecule has 0 unspecified atom stereocenters. The lowest BCUT2D eigenvalue weighted by Gasteiger charge is -2.05. The normalized spacial score (nSPS) is 10.5. The van der Waals surface area contributed by atoms with Crippen molar-refractivity contribution in [3.05, 3.63) is 70.8 Å². The van der Waals surface area contributed by atoms with Gasteiger partial charge in [0.15, 0.2) is 23.2 Å². The fourth-order valence-electron chi connectivity index (χ4n) is 1.65. The van der Waals surface area contributed by atoms with Crippen molar-refractivity contribution in [2.75, 3.05) is 0 Å². The summed E-state index contributed by atoms with van der Waals surface area (Å²) < 4.78 is 52.4. The SMILES string of the molecule is O=C(Cc1ccccc1F)c1ccc(F)c(F)c1F.